The van der Waals surface area contributed by atoms with Crippen molar-refractivity contribution in [3.05, 3.63) is 41.6 Å². The van der Waals surface area contributed by atoms with Crippen molar-refractivity contribution in [2.24, 2.45) is 0 Å². The van der Waals surface area contributed by atoms with Gasteiger partial charge in [-0.1, -0.05) is 18.2 Å². The summed E-state index contributed by atoms with van der Waals surface area (Å²) in [5.74, 6) is 2.06. The molecule has 1 aromatic heterocycles. The Balaban J connectivity index is 1.44. The largest absolute Gasteiger partial charge is 0.496 e. The summed E-state index contributed by atoms with van der Waals surface area (Å²) in [7, 11) is 1.69. The van der Waals surface area contributed by atoms with Crippen LogP contribution in [-0.4, -0.2) is 49.2 Å². The maximum absolute atomic E-state index is 5.81. The molecule has 2 aliphatic rings. The molecule has 1 spiro atoms. The highest BCUT2D eigenvalue weighted by Gasteiger charge is 2.40. The number of aryl methyl sites for hydroxylation is 1. The Hall–Kier alpha value is -2.38. The molecule has 4 rings (SSSR count). The number of piperidine rings is 1. The zero-order valence-corrected chi connectivity index (χ0v) is 15.9. The zero-order valence-electron chi connectivity index (χ0n) is 15.9. The van der Waals surface area contributed by atoms with Gasteiger partial charge in [-0.05, 0) is 13.0 Å². The van der Waals surface area contributed by atoms with E-state index in [1.165, 1.54) is 0 Å². The molecule has 7 nitrogen and oxygen atoms in total. The van der Waals surface area contributed by atoms with Crippen LogP contribution in [0.4, 0.5) is 11.8 Å². The molecule has 0 radical (unpaired) electrons. The molecule has 2 fully saturated rings. The van der Waals surface area contributed by atoms with Gasteiger partial charge in [0.05, 0.1) is 20.3 Å². The number of nitrogens with zero attached hydrogens (tertiary/aromatic N) is 3. The molecule has 0 atom stereocenters. The van der Waals surface area contributed by atoms with E-state index in [4.69, 9.17) is 19.2 Å². The Morgan fingerprint density at radius 1 is 1.15 bits per heavy atom. The van der Waals surface area contributed by atoms with Gasteiger partial charge in [0.15, 0.2) is 5.79 Å². The summed E-state index contributed by atoms with van der Waals surface area (Å²) in [6, 6.07) is 9.95. The maximum Gasteiger partial charge on any atom is 0.227 e. The number of para-hydroxylation sites is 1. The van der Waals surface area contributed by atoms with E-state index in [1.807, 2.05) is 37.3 Å². The lowest BCUT2D eigenvalue weighted by Gasteiger charge is -2.37. The SMILES string of the molecule is COc1ccccc1CNc1cc(C)nc(N2CCC3(CC2)OCCO3)n1. The first-order chi connectivity index (χ1) is 13.2. The van der Waals surface area contributed by atoms with Gasteiger partial charge in [-0.25, -0.2) is 4.98 Å². The van der Waals surface area contributed by atoms with E-state index < -0.39 is 0 Å². The lowest BCUT2D eigenvalue weighted by atomic mass is 10.0. The van der Waals surface area contributed by atoms with Crippen molar-refractivity contribution in [1.82, 2.24) is 9.97 Å². The quantitative estimate of drug-likeness (QED) is 0.868. The van der Waals surface area contributed by atoms with E-state index in [2.05, 4.69) is 15.2 Å². The third-order valence-electron chi connectivity index (χ3n) is 5.12. The Kier molecular flexibility index (Phi) is 5.13. The maximum atomic E-state index is 5.81. The molecule has 2 aliphatic heterocycles. The Morgan fingerprint density at radius 3 is 2.63 bits per heavy atom. The molecule has 2 saturated heterocycles. The number of aromatic nitrogens is 2. The van der Waals surface area contributed by atoms with Crippen molar-refractivity contribution < 1.29 is 14.2 Å². The molecule has 0 amide bonds. The van der Waals surface area contributed by atoms with E-state index in [9.17, 15) is 0 Å². The number of hydrogen-bond acceptors (Lipinski definition) is 7. The summed E-state index contributed by atoms with van der Waals surface area (Å²) in [6.45, 7) is 5.68. The van der Waals surface area contributed by atoms with E-state index in [0.29, 0.717) is 19.8 Å². The molecule has 1 aromatic carbocycles. The number of benzene rings is 1. The van der Waals surface area contributed by atoms with Crippen LogP contribution in [0.5, 0.6) is 5.75 Å². The summed E-state index contributed by atoms with van der Waals surface area (Å²) < 4.78 is 17.0. The monoisotopic (exact) mass is 370 g/mol. The van der Waals surface area contributed by atoms with Crippen molar-refractivity contribution in [3.63, 3.8) is 0 Å². The molecule has 0 bridgehead atoms. The van der Waals surface area contributed by atoms with Gasteiger partial charge in [0.1, 0.15) is 11.6 Å². The normalized spacial score (nSPS) is 18.7. The topological polar surface area (TPSA) is 68.7 Å². The average Bonchev–Trinajstić information content (AvgIpc) is 3.14. The number of hydrogen-bond donors (Lipinski definition) is 1. The van der Waals surface area contributed by atoms with Crippen LogP contribution in [0.1, 0.15) is 24.1 Å². The van der Waals surface area contributed by atoms with Crippen molar-refractivity contribution in [1.29, 1.82) is 0 Å². The predicted molar refractivity (Wildman–Crippen MR) is 103 cm³/mol. The van der Waals surface area contributed by atoms with Gasteiger partial charge in [-0.15, -0.1) is 0 Å². The Morgan fingerprint density at radius 2 is 1.89 bits per heavy atom. The van der Waals surface area contributed by atoms with E-state index >= 15 is 0 Å². The first kappa shape index (κ1) is 18.0. The number of ether oxygens (including phenoxy) is 3. The van der Waals surface area contributed by atoms with Crippen LogP contribution in [0, 0.1) is 6.92 Å². The van der Waals surface area contributed by atoms with Crippen LogP contribution in [0.2, 0.25) is 0 Å². The van der Waals surface area contributed by atoms with Crippen LogP contribution in [-0.2, 0) is 16.0 Å². The fraction of sp³-hybridized carbons (Fsp3) is 0.500. The van der Waals surface area contributed by atoms with Crippen molar-refractivity contribution in [2.75, 3.05) is 43.6 Å². The summed E-state index contributed by atoms with van der Waals surface area (Å²) in [4.78, 5) is 11.6. The number of rotatable bonds is 5. The third kappa shape index (κ3) is 3.99. The third-order valence-corrected chi connectivity index (χ3v) is 5.12. The average molecular weight is 370 g/mol. The lowest BCUT2D eigenvalue weighted by molar-refractivity contribution is -0.169. The molecular formula is C20H26N4O3. The van der Waals surface area contributed by atoms with E-state index in [1.54, 1.807) is 7.11 Å². The minimum Gasteiger partial charge on any atom is -0.496 e. The van der Waals surface area contributed by atoms with Crippen LogP contribution in [0.25, 0.3) is 0 Å². The van der Waals surface area contributed by atoms with Gasteiger partial charge in [-0.3, -0.25) is 0 Å². The fourth-order valence-corrected chi connectivity index (χ4v) is 3.65. The number of methoxy groups -OCH3 is 1. The molecule has 0 aliphatic carbocycles. The van der Waals surface area contributed by atoms with Crippen molar-refractivity contribution in [3.8, 4) is 5.75 Å². The van der Waals surface area contributed by atoms with Crippen molar-refractivity contribution >= 4 is 11.8 Å². The van der Waals surface area contributed by atoms with Gasteiger partial charge in [-0.2, -0.15) is 4.98 Å². The number of anilines is 2. The Bertz CT molecular complexity index is 783. The number of nitrogens with one attached hydrogen (secondary N) is 1. The van der Waals surface area contributed by atoms with Gasteiger partial charge < -0.3 is 24.4 Å². The predicted octanol–water partition coefficient (Wildman–Crippen LogP) is 2.75. The zero-order chi connectivity index (χ0) is 18.7. The molecule has 0 saturated carbocycles. The molecule has 2 aromatic rings. The van der Waals surface area contributed by atoms with Crippen LogP contribution in [0.15, 0.2) is 30.3 Å². The highest BCUT2D eigenvalue weighted by atomic mass is 16.7. The van der Waals surface area contributed by atoms with Crippen LogP contribution >= 0.6 is 0 Å². The minimum atomic E-state index is -0.384. The highest BCUT2D eigenvalue weighted by Crippen LogP contribution is 2.32. The van der Waals surface area contributed by atoms with Gasteiger partial charge in [0.2, 0.25) is 5.95 Å². The molecule has 3 heterocycles. The molecule has 7 heteroatoms. The molecule has 144 valence electrons. The van der Waals surface area contributed by atoms with Gasteiger partial charge in [0.25, 0.3) is 0 Å². The van der Waals surface area contributed by atoms with E-state index in [-0.39, 0.29) is 5.79 Å². The molecule has 1 N–H and O–H groups in total. The highest BCUT2D eigenvalue weighted by molar-refractivity contribution is 5.45. The molecule has 27 heavy (non-hydrogen) atoms. The smallest absolute Gasteiger partial charge is 0.227 e. The first-order valence-electron chi connectivity index (χ1n) is 9.42. The summed E-state index contributed by atoms with van der Waals surface area (Å²) in [5, 5.41) is 3.40. The van der Waals surface area contributed by atoms with Crippen LogP contribution < -0.4 is 15.0 Å². The fourth-order valence-electron chi connectivity index (χ4n) is 3.65. The summed E-state index contributed by atoms with van der Waals surface area (Å²) in [6.07, 6.45) is 1.68. The minimum absolute atomic E-state index is 0.384. The second-order valence-electron chi connectivity index (χ2n) is 6.95. The molecular weight excluding hydrogens is 344 g/mol. The lowest BCUT2D eigenvalue weighted by Crippen LogP contribution is -2.45. The second kappa shape index (κ2) is 7.70. The van der Waals surface area contributed by atoms with Gasteiger partial charge in [0, 0.05) is 49.8 Å². The summed E-state index contributed by atoms with van der Waals surface area (Å²) in [5.41, 5.74) is 2.03. The first-order valence-corrected chi connectivity index (χ1v) is 9.42. The van der Waals surface area contributed by atoms with Crippen LogP contribution in [0.3, 0.4) is 0 Å². The second-order valence-corrected chi connectivity index (χ2v) is 6.95. The molecule has 0 unspecified atom stereocenters. The summed E-state index contributed by atoms with van der Waals surface area (Å²) >= 11 is 0. The standard InChI is InChI=1S/C20H26N4O3/c1-15-13-18(21-14-16-5-3-4-6-17(16)25-2)23-19(22-15)24-9-7-20(8-10-24)26-11-12-27-20/h3-6,13H,7-12,14H2,1-2H3,(H,21,22,23). The van der Waals surface area contributed by atoms with Gasteiger partial charge >= 0.3 is 0 Å². The Labute approximate surface area is 159 Å². The van der Waals surface area contributed by atoms with Crippen molar-refractivity contribution in [2.45, 2.75) is 32.1 Å². The van der Waals surface area contributed by atoms with E-state index in [0.717, 1.165) is 54.7 Å².